The maximum atomic E-state index is 13.0. The monoisotopic (exact) mass is 495 g/mol. The number of thiazole rings is 1. The van der Waals surface area contributed by atoms with Crippen LogP contribution in [0.25, 0.3) is 10.2 Å². The molecule has 0 aliphatic heterocycles. The average Bonchev–Trinajstić information content (AvgIpc) is 3.20. The molecular formula is C25H25N3O4S2. The van der Waals surface area contributed by atoms with Gasteiger partial charge in [-0.3, -0.25) is 9.10 Å². The standard InChI is InChI=1S/C25H25N3O4S2/c1-4-16-28-22-17-20(32-3)12-15-23(22)33-25(28)26-24(29)18-10-13-21(14-11-18)34(30,31)27(2)19-8-6-5-7-9-19/h5-15,17H,4,16H2,1-3H3. The molecule has 0 aliphatic rings. The number of carbonyl (C=O) groups is 1. The van der Waals surface area contributed by atoms with Crippen molar-refractivity contribution in [1.29, 1.82) is 0 Å². The molecule has 0 saturated carbocycles. The largest absolute Gasteiger partial charge is 0.497 e. The number of anilines is 1. The summed E-state index contributed by atoms with van der Waals surface area (Å²) < 4.78 is 35.5. The summed E-state index contributed by atoms with van der Waals surface area (Å²) in [4.78, 5) is 18.0. The first-order chi connectivity index (χ1) is 16.3. The van der Waals surface area contributed by atoms with Crippen molar-refractivity contribution in [3.05, 3.63) is 83.2 Å². The molecule has 3 aromatic carbocycles. The molecule has 0 saturated heterocycles. The summed E-state index contributed by atoms with van der Waals surface area (Å²) >= 11 is 1.43. The number of para-hydroxylation sites is 1. The third-order valence-electron chi connectivity index (χ3n) is 5.41. The van der Waals surface area contributed by atoms with Gasteiger partial charge in [0.05, 0.1) is 27.9 Å². The van der Waals surface area contributed by atoms with Crippen molar-refractivity contribution in [2.24, 2.45) is 4.99 Å². The van der Waals surface area contributed by atoms with E-state index in [-0.39, 0.29) is 4.90 Å². The zero-order chi connectivity index (χ0) is 24.3. The van der Waals surface area contributed by atoms with Crippen molar-refractivity contribution in [3.8, 4) is 5.75 Å². The highest BCUT2D eigenvalue weighted by atomic mass is 32.2. The van der Waals surface area contributed by atoms with E-state index in [1.165, 1.54) is 47.0 Å². The molecule has 1 amide bonds. The van der Waals surface area contributed by atoms with E-state index in [0.717, 1.165) is 22.4 Å². The number of sulfonamides is 1. The SMILES string of the molecule is CCCn1c(=NC(=O)c2ccc(S(=O)(=O)N(C)c3ccccc3)cc2)sc2ccc(OC)cc21. The van der Waals surface area contributed by atoms with Crippen LogP contribution >= 0.6 is 11.3 Å². The van der Waals surface area contributed by atoms with Crippen molar-refractivity contribution in [3.63, 3.8) is 0 Å². The molecule has 0 bridgehead atoms. The molecule has 0 radical (unpaired) electrons. The van der Waals surface area contributed by atoms with Gasteiger partial charge in [-0.15, -0.1) is 0 Å². The number of nitrogens with zero attached hydrogens (tertiary/aromatic N) is 3. The Morgan fingerprint density at radius 2 is 1.76 bits per heavy atom. The number of carbonyl (C=O) groups excluding carboxylic acids is 1. The topological polar surface area (TPSA) is 81.0 Å². The van der Waals surface area contributed by atoms with Crippen molar-refractivity contribution in [2.75, 3.05) is 18.5 Å². The number of hydrogen-bond donors (Lipinski definition) is 0. The smallest absolute Gasteiger partial charge is 0.279 e. The van der Waals surface area contributed by atoms with Crippen LogP contribution in [0.15, 0.2) is 82.7 Å². The summed E-state index contributed by atoms with van der Waals surface area (Å²) in [6, 6.07) is 20.5. The van der Waals surface area contributed by atoms with Gasteiger partial charge < -0.3 is 9.30 Å². The maximum Gasteiger partial charge on any atom is 0.279 e. The molecule has 4 rings (SSSR count). The quantitative estimate of drug-likeness (QED) is 0.373. The van der Waals surface area contributed by atoms with E-state index in [1.54, 1.807) is 31.4 Å². The predicted molar refractivity (Wildman–Crippen MR) is 135 cm³/mol. The highest BCUT2D eigenvalue weighted by molar-refractivity contribution is 7.92. The van der Waals surface area contributed by atoms with Crippen LogP contribution in [0.2, 0.25) is 0 Å². The second kappa shape index (κ2) is 9.82. The third kappa shape index (κ3) is 4.62. The summed E-state index contributed by atoms with van der Waals surface area (Å²) in [5.41, 5.74) is 1.84. The zero-order valence-electron chi connectivity index (χ0n) is 19.1. The molecule has 0 unspecified atom stereocenters. The number of fused-ring (bicyclic) bond motifs is 1. The average molecular weight is 496 g/mol. The van der Waals surface area contributed by atoms with Crippen LogP contribution in [-0.4, -0.2) is 33.0 Å². The lowest BCUT2D eigenvalue weighted by molar-refractivity contribution is 0.0997. The van der Waals surface area contributed by atoms with Gasteiger partial charge in [0.25, 0.3) is 15.9 Å². The number of aromatic nitrogens is 1. The second-order valence-electron chi connectivity index (χ2n) is 7.62. The number of aryl methyl sites for hydroxylation is 1. The van der Waals surface area contributed by atoms with Gasteiger partial charge in [0.15, 0.2) is 4.80 Å². The first-order valence-electron chi connectivity index (χ1n) is 10.8. The Balaban J connectivity index is 1.66. The summed E-state index contributed by atoms with van der Waals surface area (Å²) in [7, 11) is -0.633. The van der Waals surface area contributed by atoms with Crippen LogP contribution in [0.3, 0.4) is 0 Å². The predicted octanol–water partition coefficient (Wildman–Crippen LogP) is 4.69. The molecule has 0 aliphatic carbocycles. The molecule has 1 aromatic heterocycles. The van der Waals surface area contributed by atoms with Gasteiger partial charge in [-0.2, -0.15) is 4.99 Å². The molecule has 4 aromatic rings. The Morgan fingerprint density at radius 1 is 1.06 bits per heavy atom. The number of methoxy groups -OCH3 is 1. The number of amides is 1. The molecule has 0 fully saturated rings. The minimum absolute atomic E-state index is 0.102. The van der Waals surface area contributed by atoms with Crippen LogP contribution < -0.4 is 13.8 Å². The van der Waals surface area contributed by atoms with Crippen molar-refractivity contribution >= 4 is 43.2 Å². The van der Waals surface area contributed by atoms with E-state index >= 15 is 0 Å². The first-order valence-corrected chi connectivity index (χ1v) is 13.0. The summed E-state index contributed by atoms with van der Waals surface area (Å²) in [6.07, 6.45) is 0.881. The fourth-order valence-corrected chi connectivity index (χ4v) is 5.79. The van der Waals surface area contributed by atoms with Gasteiger partial charge in [-0.1, -0.05) is 36.5 Å². The van der Waals surface area contributed by atoms with E-state index in [9.17, 15) is 13.2 Å². The van der Waals surface area contributed by atoms with Crippen molar-refractivity contribution < 1.29 is 17.9 Å². The summed E-state index contributed by atoms with van der Waals surface area (Å²) in [5, 5.41) is 0. The third-order valence-corrected chi connectivity index (χ3v) is 8.27. The molecular weight excluding hydrogens is 470 g/mol. The van der Waals surface area contributed by atoms with E-state index in [4.69, 9.17) is 4.74 Å². The minimum Gasteiger partial charge on any atom is -0.497 e. The van der Waals surface area contributed by atoms with Crippen LogP contribution in [-0.2, 0) is 16.6 Å². The number of ether oxygens (including phenoxy) is 1. The Bertz CT molecular complexity index is 1490. The van der Waals surface area contributed by atoms with Gasteiger partial charge in [0.2, 0.25) is 0 Å². The number of benzene rings is 3. The van der Waals surface area contributed by atoms with Crippen LogP contribution in [0, 0.1) is 0 Å². The fourth-order valence-electron chi connectivity index (χ4n) is 3.56. The van der Waals surface area contributed by atoms with E-state index < -0.39 is 15.9 Å². The van der Waals surface area contributed by atoms with Gasteiger partial charge in [0.1, 0.15) is 5.75 Å². The first kappa shape index (κ1) is 23.7. The molecule has 9 heteroatoms. The molecule has 0 N–H and O–H groups in total. The van der Waals surface area contributed by atoms with Crippen molar-refractivity contribution in [2.45, 2.75) is 24.8 Å². The van der Waals surface area contributed by atoms with E-state index in [2.05, 4.69) is 11.9 Å². The Labute approximate surface area is 202 Å². The van der Waals surface area contributed by atoms with Crippen molar-refractivity contribution in [1.82, 2.24) is 4.57 Å². The highest BCUT2D eigenvalue weighted by Crippen LogP contribution is 2.24. The van der Waals surface area contributed by atoms with Gasteiger partial charge in [-0.05, 0) is 55.0 Å². The Morgan fingerprint density at radius 3 is 2.41 bits per heavy atom. The van der Waals surface area contributed by atoms with Crippen LogP contribution in [0.4, 0.5) is 5.69 Å². The normalized spacial score (nSPS) is 12.1. The molecule has 0 atom stereocenters. The summed E-state index contributed by atoms with van der Waals surface area (Å²) in [5.74, 6) is 0.314. The molecule has 7 nitrogen and oxygen atoms in total. The fraction of sp³-hybridized carbons (Fsp3) is 0.200. The Kier molecular flexibility index (Phi) is 6.85. The highest BCUT2D eigenvalue weighted by Gasteiger charge is 2.21. The van der Waals surface area contributed by atoms with Gasteiger partial charge in [0, 0.05) is 25.2 Å². The Hall–Kier alpha value is -3.43. The molecule has 1 heterocycles. The van der Waals surface area contributed by atoms with E-state index in [0.29, 0.717) is 22.6 Å². The number of hydrogen-bond acceptors (Lipinski definition) is 5. The lowest BCUT2D eigenvalue weighted by atomic mass is 10.2. The second-order valence-corrected chi connectivity index (χ2v) is 10.6. The molecule has 176 valence electrons. The minimum atomic E-state index is -3.75. The molecule has 34 heavy (non-hydrogen) atoms. The molecule has 0 spiro atoms. The van der Waals surface area contributed by atoms with Crippen LogP contribution in [0.1, 0.15) is 23.7 Å². The van der Waals surface area contributed by atoms with Gasteiger partial charge in [-0.25, -0.2) is 8.42 Å². The van der Waals surface area contributed by atoms with Crippen LogP contribution in [0.5, 0.6) is 5.75 Å². The lowest BCUT2D eigenvalue weighted by Gasteiger charge is -2.19. The maximum absolute atomic E-state index is 13.0. The van der Waals surface area contributed by atoms with E-state index in [1.807, 2.05) is 28.8 Å². The zero-order valence-corrected chi connectivity index (χ0v) is 20.8. The lowest BCUT2D eigenvalue weighted by Crippen LogP contribution is -2.26. The number of rotatable bonds is 7. The van der Waals surface area contributed by atoms with Gasteiger partial charge >= 0.3 is 0 Å². The summed E-state index contributed by atoms with van der Waals surface area (Å²) in [6.45, 7) is 2.77.